The van der Waals surface area contributed by atoms with Crippen LogP contribution in [0.5, 0.6) is 0 Å². The molecule has 76 heavy (non-hydrogen) atoms. The first-order chi connectivity index (χ1) is 37.6. The fourth-order valence-corrected chi connectivity index (χ4v) is 12.0. The normalized spacial score (nSPS) is 11.7. The summed E-state index contributed by atoms with van der Waals surface area (Å²) in [6.07, 6.45) is 0. The van der Waals surface area contributed by atoms with Crippen molar-refractivity contribution in [2.75, 3.05) is 9.80 Å². The molecule has 0 aliphatic carbocycles. The summed E-state index contributed by atoms with van der Waals surface area (Å²) in [7, 11) is 0. The molecule has 0 aliphatic heterocycles. The standard InChI is InChI=1S/C74H48N2/c1-3-11-49(12-4-1)59-19-9-21-67(43-59)75(69-45-61-31-27-55-15-7-16-56-28-32-62(46-69)73(61)71(55)56)65-39-35-53(36-40-65)51-23-25-52(26-24-51)54-37-41-66(42-38-54)76(68-22-10-20-60(44-68)50-13-5-2-6-14-50)70-47-63-33-29-57-17-8-18-58-30-34-64(48-70)74(63)72(57)58/h1-48H. The first-order valence-electron chi connectivity index (χ1n) is 26.2. The van der Waals surface area contributed by atoms with Gasteiger partial charge in [0.05, 0.1) is 0 Å². The van der Waals surface area contributed by atoms with Crippen LogP contribution in [0, 0.1) is 0 Å². The third-order valence-corrected chi connectivity index (χ3v) is 15.6. The summed E-state index contributed by atoms with van der Waals surface area (Å²) in [5.41, 5.74) is 16.1. The molecule has 0 aliphatic rings. The van der Waals surface area contributed by atoms with Crippen molar-refractivity contribution < 1.29 is 0 Å². The second-order valence-corrected chi connectivity index (χ2v) is 20.1. The zero-order chi connectivity index (χ0) is 50.1. The van der Waals surface area contributed by atoms with Crippen molar-refractivity contribution in [1.29, 1.82) is 0 Å². The van der Waals surface area contributed by atoms with Gasteiger partial charge < -0.3 is 9.80 Å². The third-order valence-electron chi connectivity index (χ3n) is 15.6. The molecular weight excluding hydrogens is 917 g/mol. The summed E-state index contributed by atoms with van der Waals surface area (Å²) >= 11 is 0. The Morgan fingerprint density at radius 2 is 0.408 bits per heavy atom. The zero-order valence-electron chi connectivity index (χ0n) is 41.6. The number of rotatable bonds is 10. The molecular formula is C74H48N2. The van der Waals surface area contributed by atoms with Crippen molar-refractivity contribution >= 4 is 98.8 Å². The first-order valence-corrected chi connectivity index (χ1v) is 26.2. The van der Waals surface area contributed by atoms with Crippen LogP contribution in [0.2, 0.25) is 0 Å². The largest absolute Gasteiger partial charge is 0.310 e. The van der Waals surface area contributed by atoms with E-state index in [1.807, 2.05) is 0 Å². The van der Waals surface area contributed by atoms with E-state index in [0.29, 0.717) is 0 Å². The van der Waals surface area contributed by atoms with Crippen molar-refractivity contribution in [1.82, 2.24) is 0 Å². The molecule has 0 bridgehead atoms. The predicted octanol–water partition coefficient (Wildman–Crippen LogP) is 21.1. The van der Waals surface area contributed by atoms with Crippen LogP contribution >= 0.6 is 0 Å². The van der Waals surface area contributed by atoms with Gasteiger partial charge in [-0.05, 0) is 182 Å². The van der Waals surface area contributed by atoms with Gasteiger partial charge in [0.15, 0.2) is 0 Å². The van der Waals surface area contributed by atoms with Gasteiger partial charge in [-0.1, -0.05) is 218 Å². The van der Waals surface area contributed by atoms with Crippen LogP contribution < -0.4 is 9.80 Å². The minimum absolute atomic E-state index is 1.10. The maximum absolute atomic E-state index is 2.41. The topological polar surface area (TPSA) is 6.48 Å². The fourth-order valence-electron chi connectivity index (χ4n) is 12.0. The molecule has 0 atom stereocenters. The van der Waals surface area contributed by atoms with Gasteiger partial charge in [-0.25, -0.2) is 0 Å². The van der Waals surface area contributed by atoms with Crippen molar-refractivity contribution in [2.24, 2.45) is 0 Å². The van der Waals surface area contributed by atoms with Gasteiger partial charge in [0.25, 0.3) is 0 Å². The molecule has 0 aromatic heterocycles. The summed E-state index contributed by atoms with van der Waals surface area (Å²) in [6.45, 7) is 0. The highest BCUT2D eigenvalue weighted by Gasteiger charge is 2.20. The Kier molecular flexibility index (Phi) is 10.2. The van der Waals surface area contributed by atoms with Crippen molar-refractivity contribution in [2.45, 2.75) is 0 Å². The van der Waals surface area contributed by atoms with E-state index in [-0.39, 0.29) is 0 Å². The lowest BCUT2D eigenvalue weighted by molar-refractivity contribution is 1.29. The zero-order valence-corrected chi connectivity index (χ0v) is 41.6. The molecule has 354 valence electrons. The lowest BCUT2D eigenvalue weighted by Gasteiger charge is -2.27. The lowest BCUT2D eigenvalue weighted by Crippen LogP contribution is -2.10. The maximum Gasteiger partial charge on any atom is 0.0473 e. The number of nitrogens with zero attached hydrogens (tertiary/aromatic N) is 2. The average molecular weight is 965 g/mol. The number of anilines is 6. The van der Waals surface area contributed by atoms with Crippen LogP contribution in [0.3, 0.4) is 0 Å². The highest BCUT2D eigenvalue weighted by Crippen LogP contribution is 2.45. The predicted molar refractivity (Wildman–Crippen MR) is 325 cm³/mol. The number of hydrogen-bond donors (Lipinski definition) is 0. The van der Waals surface area contributed by atoms with Crippen LogP contribution in [0.4, 0.5) is 34.1 Å². The second-order valence-electron chi connectivity index (χ2n) is 20.1. The summed E-state index contributed by atoms with van der Waals surface area (Å²) in [5, 5.41) is 15.4. The van der Waals surface area contributed by atoms with Crippen LogP contribution in [-0.4, -0.2) is 0 Å². The summed E-state index contributed by atoms with van der Waals surface area (Å²) in [4.78, 5) is 4.81. The minimum Gasteiger partial charge on any atom is -0.310 e. The van der Waals surface area contributed by atoms with Crippen LogP contribution in [-0.2, 0) is 0 Å². The number of benzene rings is 15. The third kappa shape index (κ3) is 7.50. The molecule has 0 N–H and O–H groups in total. The highest BCUT2D eigenvalue weighted by atomic mass is 15.1. The molecule has 0 heterocycles. The molecule has 2 nitrogen and oxygen atoms in total. The molecule has 0 fully saturated rings. The van der Waals surface area contributed by atoms with Gasteiger partial charge in [-0.15, -0.1) is 0 Å². The summed E-state index contributed by atoms with van der Waals surface area (Å²) in [6, 6.07) is 107. The second kappa shape index (κ2) is 17.9. The molecule has 15 aromatic carbocycles. The summed E-state index contributed by atoms with van der Waals surface area (Å²) < 4.78 is 0. The Morgan fingerprint density at radius 1 is 0.145 bits per heavy atom. The quantitative estimate of drug-likeness (QED) is 0.126. The van der Waals surface area contributed by atoms with E-state index >= 15 is 0 Å². The molecule has 15 aromatic rings. The Balaban J connectivity index is 0.762. The lowest BCUT2D eigenvalue weighted by atomic mass is 9.93. The van der Waals surface area contributed by atoms with Crippen molar-refractivity contribution in [3.8, 4) is 44.5 Å². The molecule has 15 rings (SSSR count). The Hall–Kier alpha value is -10.0. The van der Waals surface area contributed by atoms with Crippen molar-refractivity contribution in [3.05, 3.63) is 291 Å². The molecule has 0 spiro atoms. The summed E-state index contributed by atoms with van der Waals surface area (Å²) in [5.74, 6) is 0. The van der Waals surface area contributed by atoms with E-state index in [1.165, 1.54) is 109 Å². The van der Waals surface area contributed by atoms with E-state index < -0.39 is 0 Å². The van der Waals surface area contributed by atoms with Gasteiger partial charge in [0.2, 0.25) is 0 Å². The smallest absolute Gasteiger partial charge is 0.0473 e. The molecule has 0 unspecified atom stereocenters. The van der Waals surface area contributed by atoms with E-state index in [4.69, 9.17) is 0 Å². The first kappa shape index (κ1) is 43.6. The van der Waals surface area contributed by atoms with E-state index in [0.717, 1.165) is 34.1 Å². The van der Waals surface area contributed by atoms with Gasteiger partial charge in [-0.2, -0.15) is 0 Å². The van der Waals surface area contributed by atoms with Gasteiger partial charge in [0, 0.05) is 34.1 Å². The van der Waals surface area contributed by atoms with E-state index in [1.54, 1.807) is 0 Å². The average Bonchev–Trinajstić information content (AvgIpc) is 3.56. The maximum atomic E-state index is 2.41. The Morgan fingerprint density at radius 3 is 0.750 bits per heavy atom. The molecule has 0 saturated heterocycles. The van der Waals surface area contributed by atoms with E-state index in [9.17, 15) is 0 Å². The Labute approximate surface area is 441 Å². The monoisotopic (exact) mass is 964 g/mol. The Bertz CT molecular complexity index is 4180. The minimum atomic E-state index is 1.10. The fraction of sp³-hybridized carbons (Fsp3) is 0. The van der Waals surface area contributed by atoms with Gasteiger partial charge in [0.1, 0.15) is 0 Å². The van der Waals surface area contributed by atoms with Crippen LogP contribution in [0.25, 0.3) is 109 Å². The molecule has 0 amide bonds. The van der Waals surface area contributed by atoms with E-state index in [2.05, 4.69) is 301 Å². The van der Waals surface area contributed by atoms with Crippen LogP contribution in [0.1, 0.15) is 0 Å². The SMILES string of the molecule is c1ccc(-c2cccc(N(c3ccc(-c4ccc(-c5ccc(N(c6cccc(-c7ccccc7)c6)c6cc7ccc8cccc9ccc(c6)c7c89)cc5)cc4)cc3)c3cc4ccc5cccc6ccc(c3)c4c56)c2)cc1. The highest BCUT2D eigenvalue weighted by molar-refractivity contribution is 6.25. The van der Waals surface area contributed by atoms with Gasteiger partial charge in [-0.3, -0.25) is 0 Å². The van der Waals surface area contributed by atoms with Gasteiger partial charge >= 0.3 is 0 Å². The molecule has 0 radical (unpaired) electrons. The molecule has 2 heteroatoms. The van der Waals surface area contributed by atoms with Crippen molar-refractivity contribution in [3.63, 3.8) is 0 Å². The molecule has 0 saturated carbocycles. The number of hydrogen-bond acceptors (Lipinski definition) is 2. The van der Waals surface area contributed by atoms with Crippen LogP contribution in [0.15, 0.2) is 291 Å².